The molecule has 1 heterocycles. The molecule has 0 unspecified atom stereocenters. The summed E-state index contributed by atoms with van der Waals surface area (Å²) >= 11 is 0. The summed E-state index contributed by atoms with van der Waals surface area (Å²) in [5.41, 5.74) is 11.5. The molecule has 0 fully saturated rings. The van der Waals surface area contributed by atoms with Crippen molar-refractivity contribution in [1.29, 1.82) is 0 Å². The number of nitrogens with two attached hydrogens (primary N) is 1. The molecule has 0 saturated heterocycles. The molecule has 22 heavy (non-hydrogen) atoms. The fourth-order valence-corrected chi connectivity index (χ4v) is 3.10. The number of nitrogen functional groups attached to an aromatic ring is 1. The van der Waals surface area contributed by atoms with Crippen LogP contribution in [0.3, 0.4) is 0 Å². The average molecular weight is 290 g/mol. The second-order valence-corrected chi connectivity index (χ2v) is 6.19. The molecule has 0 atom stereocenters. The maximum atomic E-state index is 13.5. The van der Waals surface area contributed by atoms with E-state index in [0.717, 1.165) is 28.1 Å². The molecule has 3 rings (SSSR count). The SMILES string of the molecule is [B]C1([B])CN(c2cc(C)c(N)c(C)c2)Cc2ccc(F)cc21. The van der Waals surface area contributed by atoms with Crippen LogP contribution in [0.2, 0.25) is 0 Å². The van der Waals surface area contributed by atoms with Crippen molar-refractivity contribution < 1.29 is 4.39 Å². The Morgan fingerprint density at radius 2 is 1.77 bits per heavy atom. The molecule has 2 nitrogen and oxygen atoms in total. The predicted octanol–water partition coefficient (Wildman–Crippen LogP) is 2.53. The molecule has 0 bridgehead atoms. The number of halogens is 1. The molecule has 2 N–H and O–H groups in total. The third-order valence-corrected chi connectivity index (χ3v) is 4.33. The summed E-state index contributed by atoms with van der Waals surface area (Å²) in [6.07, 6.45) is 0. The Balaban J connectivity index is 2.04. The largest absolute Gasteiger partial charge is 0.398 e. The van der Waals surface area contributed by atoms with Gasteiger partial charge in [0.05, 0.1) is 15.7 Å². The molecular weight excluding hydrogens is 273 g/mol. The van der Waals surface area contributed by atoms with E-state index in [2.05, 4.69) is 4.90 Å². The first kappa shape index (κ1) is 15.0. The van der Waals surface area contributed by atoms with Crippen LogP contribution in [0, 0.1) is 19.7 Å². The van der Waals surface area contributed by atoms with Crippen molar-refractivity contribution in [3.63, 3.8) is 0 Å². The number of fused-ring (bicyclic) bond motifs is 1. The normalized spacial score (nSPS) is 16.4. The monoisotopic (exact) mass is 290 g/mol. The molecular formula is C17H17B2FN2. The highest BCUT2D eigenvalue weighted by Gasteiger charge is 2.31. The number of rotatable bonds is 1. The quantitative estimate of drug-likeness (QED) is 0.646. The molecule has 2 aromatic rings. The van der Waals surface area contributed by atoms with E-state index in [-0.39, 0.29) is 5.82 Å². The fourth-order valence-electron chi connectivity index (χ4n) is 3.10. The van der Waals surface area contributed by atoms with Gasteiger partial charge in [-0.25, -0.2) is 4.39 Å². The number of anilines is 2. The van der Waals surface area contributed by atoms with Gasteiger partial charge in [-0.05, 0) is 60.4 Å². The standard InChI is InChI=1S/C17H17B2FN2/c1-10-5-14(6-11(2)16(10)21)22-8-12-3-4-13(20)7-15(12)17(18,19)9-22/h3-7H,8-9,21H2,1-2H3. The predicted molar refractivity (Wildman–Crippen MR) is 91.0 cm³/mol. The highest BCUT2D eigenvalue weighted by Crippen LogP contribution is 2.34. The number of nitrogens with zero attached hydrogens (tertiary/aromatic N) is 1. The van der Waals surface area contributed by atoms with Crippen molar-refractivity contribution in [2.45, 2.75) is 25.6 Å². The van der Waals surface area contributed by atoms with E-state index >= 15 is 0 Å². The second kappa shape index (κ2) is 5.08. The minimum Gasteiger partial charge on any atom is -0.398 e. The molecule has 1 aliphatic heterocycles. The highest BCUT2D eigenvalue weighted by molar-refractivity contribution is 6.40. The molecule has 1 aliphatic rings. The molecule has 4 radical (unpaired) electrons. The topological polar surface area (TPSA) is 29.3 Å². The summed E-state index contributed by atoms with van der Waals surface area (Å²) in [4.78, 5) is 2.11. The van der Waals surface area contributed by atoms with Crippen LogP contribution < -0.4 is 10.6 Å². The Labute approximate surface area is 133 Å². The molecule has 0 spiro atoms. The van der Waals surface area contributed by atoms with Crippen molar-refractivity contribution in [2.24, 2.45) is 0 Å². The van der Waals surface area contributed by atoms with Gasteiger partial charge >= 0.3 is 0 Å². The summed E-state index contributed by atoms with van der Waals surface area (Å²) in [5, 5.41) is -1.08. The maximum Gasteiger partial charge on any atom is 0.123 e. The van der Waals surface area contributed by atoms with E-state index in [1.807, 2.05) is 26.0 Å². The van der Waals surface area contributed by atoms with Gasteiger partial charge < -0.3 is 10.6 Å². The van der Waals surface area contributed by atoms with Crippen molar-refractivity contribution in [2.75, 3.05) is 17.2 Å². The van der Waals surface area contributed by atoms with Crippen molar-refractivity contribution in [1.82, 2.24) is 0 Å². The minimum absolute atomic E-state index is 0.313. The van der Waals surface area contributed by atoms with Gasteiger partial charge in [0.1, 0.15) is 5.82 Å². The van der Waals surface area contributed by atoms with Crippen LogP contribution in [0.1, 0.15) is 22.3 Å². The van der Waals surface area contributed by atoms with Crippen molar-refractivity contribution >= 4 is 27.1 Å². The molecule has 0 saturated carbocycles. The first-order valence-corrected chi connectivity index (χ1v) is 7.26. The van der Waals surface area contributed by atoms with Crippen LogP contribution >= 0.6 is 0 Å². The van der Waals surface area contributed by atoms with Crippen LogP contribution in [-0.4, -0.2) is 22.2 Å². The Bertz CT molecular complexity index is 720. The average Bonchev–Trinajstić information content (AvgIpc) is 2.44. The smallest absolute Gasteiger partial charge is 0.123 e. The Kier molecular flexibility index (Phi) is 3.47. The van der Waals surface area contributed by atoms with Gasteiger partial charge in [-0.3, -0.25) is 0 Å². The number of hydrogen-bond acceptors (Lipinski definition) is 2. The van der Waals surface area contributed by atoms with E-state index < -0.39 is 5.21 Å². The van der Waals surface area contributed by atoms with E-state index in [1.165, 1.54) is 12.1 Å². The van der Waals surface area contributed by atoms with Crippen LogP contribution in [0.15, 0.2) is 30.3 Å². The van der Waals surface area contributed by atoms with Gasteiger partial charge in [-0.2, -0.15) is 0 Å². The van der Waals surface area contributed by atoms with Gasteiger partial charge in [0.25, 0.3) is 0 Å². The lowest BCUT2D eigenvalue weighted by molar-refractivity contribution is 0.610. The Morgan fingerprint density at radius 1 is 1.14 bits per heavy atom. The number of aryl methyl sites for hydroxylation is 2. The zero-order chi connectivity index (χ0) is 16.1. The van der Waals surface area contributed by atoms with Crippen molar-refractivity contribution in [3.05, 3.63) is 58.4 Å². The Hall–Kier alpha value is -1.90. The van der Waals surface area contributed by atoms with Crippen LogP contribution in [0.4, 0.5) is 15.8 Å². The van der Waals surface area contributed by atoms with Gasteiger partial charge in [0, 0.05) is 24.5 Å². The zero-order valence-corrected chi connectivity index (χ0v) is 12.9. The third-order valence-electron chi connectivity index (χ3n) is 4.33. The van der Waals surface area contributed by atoms with Crippen LogP contribution in [0.25, 0.3) is 0 Å². The van der Waals surface area contributed by atoms with E-state index in [0.29, 0.717) is 18.7 Å². The lowest BCUT2D eigenvalue weighted by Gasteiger charge is -2.42. The van der Waals surface area contributed by atoms with Crippen LogP contribution in [0.5, 0.6) is 0 Å². The molecule has 5 heteroatoms. The zero-order valence-electron chi connectivity index (χ0n) is 12.9. The van der Waals surface area contributed by atoms with Crippen LogP contribution in [-0.2, 0) is 11.8 Å². The van der Waals surface area contributed by atoms with Crippen molar-refractivity contribution in [3.8, 4) is 0 Å². The van der Waals surface area contributed by atoms with E-state index in [9.17, 15) is 4.39 Å². The van der Waals surface area contributed by atoms with E-state index in [1.54, 1.807) is 6.07 Å². The lowest BCUT2D eigenvalue weighted by atomic mass is 9.49. The summed E-state index contributed by atoms with van der Waals surface area (Å²) in [6, 6.07) is 8.70. The minimum atomic E-state index is -1.08. The Morgan fingerprint density at radius 3 is 2.41 bits per heavy atom. The van der Waals surface area contributed by atoms with Gasteiger partial charge in [0.15, 0.2) is 0 Å². The summed E-state index contributed by atoms with van der Waals surface area (Å²) in [7, 11) is 12.5. The molecule has 0 aliphatic carbocycles. The first-order chi connectivity index (χ1) is 10.3. The van der Waals surface area contributed by atoms with E-state index in [4.69, 9.17) is 21.4 Å². The molecule has 0 amide bonds. The summed E-state index contributed by atoms with van der Waals surface area (Å²) in [6.45, 7) is 5.04. The fraction of sp³-hybridized carbons (Fsp3) is 0.294. The van der Waals surface area contributed by atoms with Gasteiger partial charge in [-0.1, -0.05) is 11.3 Å². The summed E-state index contributed by atoms with van der Waals surface area (Å²) < 4.78 is 13.5. The highest BCUT2D eigenvalue weighted by atomic mass is 19.1. The molecule has 0 aromatic heterocycles. The molecule has 108 valence electrons. The van der Waals surface area contributed by atoms with Gasteiger partial charge in [-0.15, -0.1) is 0 Å². The number of benzene rings is 2. The van der Waals surface area contributed by atoms with Gasteiger partial charge in [0.2, 0.25) is 0 Å². The number of hydrogen-bond donors (Lipinski definition) is 1. The molecule has 2 aromatic carbocycles. The summed E-state index contributed by atoms with van der Waals surface area (Å²) in [5.74, 6) is -0.313. The third kappa shape index (κ3) is 2.49. The second-order valence-electron chi connectivity index (χ2n) is 6.19. The maximum absolute atomic E-state index is 13.5. The lowest BCUT2D eigenvalue weighted by Crippen LogP contribution is -2.47. The first-order valence-electron chi connectivity index (χ1n) is 7.26.